The summed E-state index contributed by atoms with van der Waals surface area (Å²) >= 11 is 0. The average molecular weight is 477 g/mol. The molecule has 3 aromatic rings. The Labute approximate surface area is 206 Å². The number of nitrogens with zero attached hydrogens (tertiary/aromatic N) is 2. The minimum absolute atomic E-state index is 0.00477. The molecule has 0 bridgehead atoms. The van der Waals surface area contributed by atoms with Crippen molar-refractivity contribution in [3.63, 3.8) is 0 Å². The molecule has 1 aromatic heterocycles. The van der Waals surface area contributed by atoms with Crippen LogP contribution in [0.3, 0.4) is 0 Å². The number of carbonyl (C=O) groups is 1. The lowest BCUT2D eigenvalue weighted by molar-refractivity contribution is 0.0791. The van der Waals surface area contributed by atoms with Gasteiger partial charge in [-0.25, -0.2) is 4.39 Å². The fourth-order valence-electron chi connectivity index (χ4n) is 4.59. The second-order valence-electron chi connectivity index (χ2n) is 9.29. The first-order valence-corrected chi connectivity index (χ1v) is 12.1. The highest BCUT2D eigenvalue weighted by Crippen LogP contribution is 2.27. The molecular weight excluding hydrogens is 443 g/mol. The van der Waals surface area contributed by atoms with Crippen molar-refractivity contribution < 1.29 is 13.9 Å². The van der Waals surface area contributed by atoms with Crippen LogP contribution < -0.4 is 15.6 Å². The third-order valence-corrected chi connectivity index (χ3v) is 6.44. The van der Waals surface area contributed by atoms with Gasteiger partial charge in [-0.2, -0.15) is 0 Å². The molecule has 0 radical (unpaired) electrons. The fourth-order valence-corrected chi connectivity index (χ4v) is 4.59. The molecule has 184 valence electrons. The van der Waals surface area contributed by atoms with E-state index in [0.29, 0.717) is 18.7 Å². The number of hydrogen-bond donors (Lipinski definition) is 2. The first-order chi connectivity index (χ1) is 16.9. The van der Waals surface area contributed by atoms with Crippen LogP contribution in [0.1, 0.15) is 57.9 Å². The molecule has 2 heterocycles. The van der Waals surface area contributed by atoms with E-state index < -0.39 is 0 Å². The zero-order chi connectivity index (χ0) is 24.8. The second kappa shape index (κ2) is 11.4. The van der Waals surface area contributed by atoms with Crippen LogP contribution in [0.2, 0.25) is 0 Å². The maximum Gasteiger partial charge on any atom is 0.253 e. The van der Waals surface area contributed by atoms with Gasteiger partial charge < -0.3 is 9.64 Å². The molecule has 7 heteroatoms. The minimum Gasteiger partial charge on any atom is -0.488 e. The van der Waals surface area contributed by atoms with Crippen molar-refractivity contribution in [1.82, 2.24) is 20.7 Å². The monoisotopic (exact) mass is 476 g/mol. The van der Waals surface area contributed by atoms with Crippen LogP contribution in [0.25, 0.3) is 0 Å². The number of rotatable bonds is 9. The number of aromatic nitrogens is 1. The van der Waals surface area contributed by atoms with Gasteiger partial charge in [0.25, 0.3) is 5.91 Å². The van der Waals surface area contributed by atoms with Crippen molar-refractivity contribution in [2.45, 2.75) is 51.8 Å². The second-order valence-corrected chi connectivity index (χ2v) is 9.29. The average Bonchev–Trinajstić information content (AvgIpc) is 3.32. The summed E-state index contributed by atoms with van der Waals surface area (Å²) in [4.78, 5) is 18.9. The van der Waals surface area contributed by atoms with E-state index in [4.69, 9.17) is 4.74 Å². The largest absolute Gasteiger partial charge is 0.488 e. The van der Waals surface area contributed by atoms with Gasteiger partial charge in [0.1, 0.15) is 18.2 Å². The summed E-state index contributed by atoms with van der Waals surface area (Å²) in [7, 11) is 1.84. The number of hydrazine groups is 1. The summed E-state index contributed by atoms with van der Waals surface area (Å²) in [6.07, 6.45) is 6.22. The van der Waals surface area contributed by atoms with E-state index in [9.17, 15) is 9.18 Å². The molecule has 0 spiro atoms. The molecule has 0 aliphatic carbocycles. The summed E-state index contributed by atoms with van der Waals surface area (Å²) in [6, 6.07) is 14.8. The van der Waals surface area contributed by atoms with Crippen LogP contribution >= 0.6 is 0 Å². The van der Waals surface area contributed by atoms with Gasteiger partial charge in [-0.05, 0) is 80.1 Å². The van der Waals surface area contributed by atoms with Crippen molar-refractivity contribution in [2.75, 3.05) is 13.6 Å². The van der Waals surface area contributed by atoms with E-state index in [-0.39, 0.29) is 23.8 Å². The molecule has 2 atom stereocenters. The lowest BCUT2D eigenvalue weighted by Crippen LogP contribution is -2.32. The van der Waals surface area contributed by atoms with Crippen LogP contribution in [0.5, 0.6) is 5.75 Å². The van der Waals surface area contributed by atoms with Crippen LogP contribution in [-0.2, 0) is 6.61 Å². The van der Waals surface area contributed by atoms with Crippen LogP contribution in [0, 0.1) is 19.7 Å². The molecule has 6 nitrogen and oxygen atoms in total. The Hall–Kier alpha value is -3.29. The number of carbonyl (C=O) groups excluding carboxylic acids is 1. The van der Waals surface area contributed by atoms with Gasteiger partial charge >= 0.3 is 0 Å². The van der Waals surface area contributed by atoms with Gasteiger partial charge in [-0.3, -0.25) is 20.6 Å². The maximum atomic E-state index is 13.5. The van der Waals surface area contributed by atoms with E-state index in [1.54, 1.807) is 29.4 Å². The predicted molar refractivity (Wildman–Crippen MR) is 134 cm³/mol. The minimum atomic E-state index is -0.216. The van der Waals surface area contributed by atoms with Crippen molar-refractivity contribution in [2.24, 2.45) is 0 Å². The Kier molecular flexibility index (Phi) is 8.10. The number of aryl methyl sites for hydroxylation is 2. The number of amides is 1. The summed E-state index contributed by atoms with van der Waals surface area (Å²) in [5, 5.41) is 0. The molecule has 1 aliphatic rings. The highest BCUT2D eigenvalue weighted by Gasteiger charge is 2.25. The number of pyridine rings is 1. The van der Waals surface area contributed by atoms with Crippen molar-refractivity contribution >= 4 is 5.91 Å². The Morgan fingerprint density at radius 2 is 1.94 bits per heavy atom. The molecular formula is C28H33FN4O2. The van der Waals surface area contributed by atoms with Gasteiger partial charge in [0.15, 0.2) is 0 Å². The Morgan fingerprint density at radius 1 is 1.14 bits per heavy atom. The fraction of sp³-hybridized carbons (Fsp3) is 0.357. The van der Waals surface area contributed by atoms with Gasteiger partial charge in [0.2, 0.25) is 0 Å². The van der Waals surface area contributed by atoms with Crippen molar-refractivity contribution in [3.05, 3.63) is 94.6 Å². The molecule has 1 aliphatic heterocycles. The Morgan fingerprint density at radius 3 is 2.66 bits per heavy atom. The summed E-state index contributed by atoms with van der Waals surface area (Å²) in [5.41, 5.74) is 11.1. The molecule has 1 fully saturated rings. The standard InChI is InChI=1S/C28H33FN4O2/c1-19-13-23(14-20(2)27(19)35-18-21-7-5-11-30-17-21)28(34)33(3)12-6-10-25-16-26(32-31-25)22-8-4-9-24(29)15-22/h4-5,7-9,11,13-15,17,25-26,31-32H,6,10,12,16,18H2,1-3H3. The third-order valence-electron chi connectivity index (χ3n) is 6.44. The van der Waals surface area contributed by atoms with E-state index in [0.717, 1.165) is 47.3 Å². The smallest absolute Gasteiger partial charge is 0.253 e. The third kappa shape index (κ3) is 6.44. The van der Waals surface area contributed by atoms with Crippen molar-refractivity contribution in [1.29, 1.82) is 0 Å². The highest BCUT2D eigenvalue weighted by atomic mass is 19.1. The van der Waals surface area contributed by atoms with Gasteiger partial charge in [0.05, 0.1) is 0 Å². The quantitative estimate of drug-likeness (QED) is 0.461. The molecule has 2 aromatic carbocycles. The molecule has 1 saturated heterocycles. The SMILES string of the molecule is Cc1cc(C(=O)N(C)CCCC2CC(c3cccc(F)c3)NN2)cc(C)c1OCc1cccnc1. The molecule has 35 heavy (non-hydrogen) atoms. The van der Waals surface area contributed by atoms with Crippen LogP contribution in [0.15, 0.2) is 60.9 Å². The zero-order valence-corrected chi connectivity index (χ0v) is 20.6. The van der Waals surface area contributed by atoms with Crippen molar-refractivity contribution in [3.8, 4) is 5.75 Å². The molecule has 1 amide bonds. The highest BCUT2D eigenvalue weighted by molar-refractivity contribution is 5.94. The summed E-state index contributed by atoms with van der Waals surface area (Å²) in [6.45, 7) is 5.04. The molecule has 0 saturated carbocycles. The topological polar surface area (TPSA) is 66.5 Å². The number of nitrogens with one attached hydrogen (secondary N) is 2. The van der Waals surface area contributed by atoms with Gasteiger partial charge in [-0.1, -0.05) is 18.2 Å². The number of ether oxygens (including phenoxy) is 1. The number of halogens is 1. The number of benzene rings is 2. The Bertz CT molecular complexity index is 1130. The van der Waals surface area contributed by atoms with Gasteiger partial charge in [-0.15, -0.1) is 0 Å². The van der Waals surface area contributed by atoms with E-state index in [2.05, 4.69) is 15.8 Å². The van der Waals surface area contributed by atoms with Crippen LogP contribution in [0.4, 0.5) is 4.39 Å². The lowest BCUT2D eigenvalue weighted by Gasteiger charge is -2.20. The summed E-state index contributed by atoms with van der Waals surface area (Å²) < 4.78 is 19.5. The first-order valence-electron chi connectivity index (χ1n) is 12.1. The van der Waals surface area contributed by atoms with E-state index >= 15 is 0 Å². The normalized spacial score (nSPS) is 17.4. The summed E-state index contributed by atoms with van der Waals surface area (Å²) in [5.74, 6) is 0.595. The Balaban J connectivity index is 1.27. The van der Waals surface area contributed by atoms with E-state index in [1.165, 1.54) is 6.07 Å². The first kappa shape index (κ1) is 24.8. The number of hydrogen-bond acceptors (Lipinski definition) is 5. The van der Waals surface area contributed by atoms with Gasteiger partial charge in [0, 0.05) is 49.2 Å². The zero-order valence-electron chi connectivity index (χ0n) is 20.6. The molecule has 2 unspecified atom stereocenters. The lowest BCUT2D eigenvalue weighted by atomic mass is 9.99. The predicted octanol–water partition coefficient (Wildman–Crippen LogP) is 4.88. The van der Waals surface area contributed by atoms with Crippen LogP contribution in [-0.4, -0.2) is 35.4 Å². The molecule has 4 rings (SSSR count). The maximum absolute atomic E-state index is 13.5. The molecule has 2 N–H and O–H groups in total. The van der Waals surface area contributed by atoms with E-state index in [1.807, 2.05) is 51.2 Å².